The summed E-state index contributed by atoms with van der Waals surface area (Å²) in [5.41, 5.74) is 2.71. The van der Waals surface area contributed by atoms with Gasteiger partial charge < -0.3 is 25.4 Å². The van der Waals surface area contributed by atoms with Crippen molar-refractivity contribution in [3.8, 4) is 29.4 Å². The van der Waals surface area contributed by atoms with E-state index >= 15 is 4.39 Å². The lowest BCUT2D eigenvalue weighted by Crippen LogP contribution is -2.51. The van der Waals surface area contributed by atoms with Crippen molar-refractivity contribution >= 4 is 22.2 Å². The van der Waals surface area contributed by atoms with Crippen LogP contribution in [0.5, 0.6) is 5.75 Å². The second-order valence-electron chi connectivity index (χ2n) is 12.8. The van der Waals surface area contributed by atoms with Gasteiger partial charge in [0, 0.05) is 77.6 Å². The van der Waals surface area contributed by atoms with Crippen LogP contribution < -0.4 is 10.6 Å². The van der Waals surface area contributed by atoms with Crippen molar-refractivity contribution in [3.05, 3.63) is 59.5 Å². The van der Waals surface area contributed by atoms with E-state index in [1.165, 1.54) is 6.07 Å². The highest BCUT2D eigenvalue weighted by atomic mass is 19.1. The molecule has 3 aromatic rings. The molecular weight excluding hydrogens is 548 g/mol. The minimum absolute atomic E-state index is 0.00439. The molecule has 0 spiro atoms. The Hall–Kier alpha value is -3.71. The first-order valence-electron chi connectivity index (χ1n) is 15.3. The highest BCUT2D eigenvalue weighted by molar-refractivity contribution is 6.01. The largest absolute Gasteiger partial charge is 0.508 e. The Bertz CT molecular complexity index is 1680. The second kappa shape index (κ2) is 10.2. The number of fused-ring (bicyclic) bond motifs is 5. The Morgan fingerprint density at radius 2 is 2.00 bits per heavy atom. The van der Waals surface area contributed by atoms with Crippen molar-refractivity contribution in [2.24, 2.45) is 0 Å². The quantitative estimate of drug-likeness (QED) is 0.371. The van der Waals surface area contributed by atoms with Crippen LogP contribution in [0, 0.1) is 18.2 Å². The molecule has 5 atom stereocenters. The molecule has 9 heteroatoms. The topological polar surface area (TPSA) is 72.9 Å². The molecule has 0 saturated carbocycles. The molecule has 1 aromatic heterocycles. The van der Waals surface area contributed by atoms with Crippen molar-refractivity contribution < 1.29 is 18.6 Å². The molecule has 2 aromatic carbocycles. The number of nitrogens with zero attached hydrogens (tertiary/aromatic N) is 3. The Morgan fingerprint density at radius 3 is 2.81 bits per heavy atom. The van der Waals surface area contributed by atoms with Crippen molar-refractivity contribution in [1.82, 2.24) is 20.1 Å². The number of halogens is 2. The summed E-state index contributed by atoms with van der Waals surface area (Å²) in [6.07, 6.45) is 12.8. The molecule has 0 aliphatic carbocycles. The molecule has 8 rings (SSSR count). The summed E-state index contributed by atoms with van der Waals surface area (Å²) in [5, 5.41) is 18.9. The third-order valence-electron chi connectivity index (χ3n) is 10.1. The first-order valence-corrected chi connectivity index (χ1v) is 15.3. The molecular formula is C34H35F2N5O2. The number of phenols is 1. The third-order valence-corrected chi connectivity index (χ3v) is 10.1. The Morgan fingerprint density at radius 1 is 1.16 bits per heavy atom. The average molecular weight is 584 g/mol. The molecule has 222 valence electrons. The summed E-state index contributed by atoms with van der Waals surface area (Å²) in [5.74, 6) is 2.17. The van der Waals surface area contributed by atoms with E-state index in [2.05, 4.69) is 31.3 Å². The standard InChI is InChI=1S/C34H35F2N5O2/c1-2-20-5-3-6-21-11-25(42)12-26(30(20)21)32-31(36)33-27(15-37-32)28(40-17-23-7-8-24(18-40)38-23)13-29(39-33)43-19-34-9-4-10-41(34)16-22(35)14-34/h1,3,5-6,11-13,15,22-24,29,38-39,42H,4,7-10,14,16-19H2/t22-,23?,24?,29?,34+/m1/s1. The minimum atomic E-state index is -0.845. The van der Waals surface area contributed by atoms with Gasteiger partial charge in [-0.05, 0) is 61.9 Å². The predicted molar refractivity (Wildman–Crippen MR) is 163 cm³/mol. The Kier molecular flexibility index (Phi) is 6.37. The van der Waals surface area contributed by atoms with Gasteiger partial charge in [0.15, 0.2) is 5.82 Å². The first-order chi connectivity index (χ1) is 20.9. The summed E-state index contributed by atoms with van der Waals surface area (Å²) in [6, 6.07) is 9.38. The van der Waals surface area contributed by atoms with Gasteiger partial charge in [-0.15, -0.1) is 6.42 Å². The molecule has 0 radical (unpaired) electrons. The molecule has 7 nitrogen and oxygen atoms in total. The number of anilines is 1. The second-order valence-corrected chi connectivity index (χ2v) is 12.8. The molecule has 43 heavy (non-hydrogen) atoms. The van der Waals surface area contributed by atoms with Gasteiger partial charge in [0.1, 0.15) is 23.8 Å². The number of pyridine rings is 1. The zero-order valence-corrected chi connectivity index (χ0v) is 24.0. The zero-order valence-electron chi connectivity index (χ0n) is 24.0. The number of aromatic nitrogens is 1. The fraction of sp³-hybridized carbons (Fsp3) is 0.441. The fourth-order valence-corrected chi connectivity index (χ4v) is 8.20. The first kappa shape index (κ1) is 26.9. The van der Waals surface area contributed by atoms with E-state index in [4.69, 9.17) is 11.2 Å². The number of terminal acetylenes is 1. The van der Waals surface area contributed by atoms with Gasteiger partial charge >= 0.3 is 0 Å². The van der Waals surface area contributed by atoms with E-state index in [1.807, 2.05) is 18.2 Å². The normalized spacial score (nSPS) is 29.7. The average Bonchev–Trinajstić information content (AvgIpc) is 3.65. The number of alkyl halides is 1. The van der Waals surface area contributed by atoms with Gasteiger partial charge in [0.05, 0.1) is 12.3 Å². The SMILES string of the molecule is C#Cc1cccc2cc(O)cc(-c3ncc4c(c3F)NC(OC[C@@]35CCCN3C[C@H](F)C5)C=C4N3CC4CCC(C3)N4)c12. The molecule has 2 bridgehead atoms. The number of ether oxygens (including phenoxy) is 1. The number of benzene rings is 2. The number of hydrogen-bond donors (Lipinski definition) is 3. The van der Waals surface area contributed by atoms with Crippen LogP contribution >= 0.6 is 0 Å². The van der Waals surface area contributed by atoms with Gasteiger partial charge in [0.25, 0.3) is 0 Å². The number of hydrogen-bond acceptors (Lipinski definition) is 7. The maximum atomic E-state index is 16.8. The Labute approximate surface area is 249 Å². The van der Waals surface area contributed by atoms with Gasteiger partial charge in [-0.2, -0.15) is 0 Å². The van der Waals surface area contributed by atoms with Gasteiger partial charge in [-0.1, -0.05) is 18.1 Å². The fourth-order valence-electron chi connectivity index (χ4n) is 8.20. The van der Waals surface area contributed by atoms with E-state index in [1.54, 1.807) is 18.3 Å². The number of aromatic hydroxyl groups is 1. The van der Waals surface area contributed by atoms with Crippen LogP contribution in [0.2, 0.25) is 0 Å². The zero-order chi connectivity index (χ0) is 29.3. The number of rotatable bonds is 5. The van der Waals surface area contributed by atoms with Crippen molar-refractivity contribution in [3.63, 3.8) is 0 Å². The molecule has 3 unspecified atom stereocenters. The van der Waals surface area contributed by atoms with Crippen LogP contribution in [-0.2, 0) is 4.74 Å². The van der Waals surface area contributed by atoms with Crippen LogP contribution in [0.3, 0.4) is 0 Å². The van der Waals surface area contributed by atoms with E-state index in [-0.39, 0.29) is 17.0 Å². The number of likely N-dealkylation sites (tertiary alicyclic amines) is 1. The highest BCUT2D eigenvalue weighted by Gasteiger charge is 2.49. The number of phenolic OH excluding ortho intramolecular Hbond substituents is 1. The smallest absolute Gasteiger partial charge is 0.173 e. The summed E-state index contributed by atoms with van der Waals surface area (Å²) in [4.78, 5) is 9.20. The van der Waals surface area contributed by atoms with Crippen LogP contribution in [0.4, 0.5) is 14.5 Å². The third kappa shape index (κ3) is 4.46. The molecule has 5 aliphatic rings. The van der Waals surface area contributed by atoms with Crippen LogP contribution in [-0.4, -0.2) is 82.7 Å². The van der Waals surface area contributed by atoms with E-state index in [0.717, 1.165) is 51.0 Å². The molecule has 3 N–H and O–H groups in total. The highest BCUT2D eigenvalue weighted by Crippen LogP contribution is 2.43. The van der Waals surface area contributed by atoms with Crippen LogP contribution in [0.25, 0.3) is 27.7 Å². The lowest BCUT2D eigenvalue weighted by Gasteiger charge is -2.40. The van der Waals surface area contributed by atoms with Crippen molar-refractivity contribution in [1.29, 1.82) is 0 Å². The van der Waals surface area contributed by atoms with Crippen LogP contribution in [0.15, 0.2) is 42.6 Å². The van der Waals surface area contributed by atoms with Crippen molar-refractivity contribution in [2.45, 2.75) is 62.1 Å². The number of piperazine rings is 1. The molecule has 5 aliphatic heterocycles. The van der Waals surface area contributed by atoms with Crippen molar-refractivity contribution in [2.75, 3.05) is 38.1 Å². The summed E-state index contributed by atoms with van der Waals surface area (Å²) in [7, 11) is 0. The van der Waals surface area contributed by atoms with Gasteiger partial charge in [0.2, 0.25) is 0 Å². The predicted octanol–water partition coefficient (Wildman–Crippen LogP) is 4.85. The maximum Gasteiger partial charge on any atom is 0.173 e. The van der Waals surface area contributed by atoms with E-state index < -0.39 is 18.2 Å². The lowest BCUT2D eigenvalue weighted by molar-refractivity contribution is 0.0163. The summed E-state index contributed by atoms with van der Waals surface area (Å²) >= 11 is 0. The summed E-state index contributed by atoms with van der Waals surface area (Å²) in [6.45, 7) is 3.36. The monoisotopic (exact) mass is 583 g/mol. The van der Waals surface area contributed by atoms with E-state index in [9.17, 15) is 9.50 Å². The van der Waals surface area contributed by atoms with Gasteiger partial charge in [-0.25, -0.2) is 8.78 Å². The van der Waals surface area contributed by atoms with Gasteiger partial charge in [-0.3, -0.25) is 9.88 Å². The number of nitrogens with one attached hydrogen (secondary N) is 2. The lowest BCUT2D eigenvalue weighted by atomic mass is 9.94. The summed E-state index contributed by atoms with van der Waals surface area (Å²) < 4.78 is 37.8. The molecule has 4 fully saturated rings. The van der Waals surface area contributed by atoms with E-state index in [0.29, 0.717) is 64.8 Å². The van der Waals surface area contributed by atoms with Crippen LogP contribution in [0.1, 0.15) is 43.2 Å². The molecule has 0 amide bonds. The molecule has 4 saturated heterocycles. The Balaban J connectivity index is 1.20. The maximum absolute atomic E-state index is 16.8. The minimum Gasteiger partial charge on any atom is -0.508 e. The molecule has 6 heterocycles.